The Morgan fingerprint density at radius 3 is 2.58 bits per heavy atom. The quantitative estimate of drug-likeness (QED) is 0.735. The number of carbonyl (C=O) groups excluding carboxylic acids is 1. The molecule has 0 bridgehead atoms. The molecule has 1 aliphatic carbocycles. The summed E-state index contributed by atoms with van der Waals surface area (Å²) in [6, 6.07) is 11.4. The normalized spacial score (nSPS) is 22.7. The molecule has 0 spiro atoms. The number of carbonyl (C=O) groups is 1. The predicted molar refractivity (Wildman–Crippen MR) is 103 cm³/mol. The Morgan fingerprint density at radius 2 is 1.85 bits per heavy atom. The predicted octanol–water partition coefficient (Wildman–Crippen LogP) is 4.51. The first-order valence-electron chi connectivity index (χ1n) is 8.49. The standard InChI is InChI=1S/C19H18ClNO3S2/c1-12-5-8-14(9-6-12)26(23,24)21-16-3-2-4-18(16)25-17-10-7-13(20)11-15(17)19(21)22/h5-11,16,18H,2-4H2,1H3/t16-,18-/m1/s1. The highest BCUT2D eigenvalue weighted by atomic mass is 35.5. The van der Waals surface area contributed by atoms with E-state index in [1.165, 1.54) is 0 Å². The Kier molecular flexibility index (Phi) is 4.53. The molecule has 0 aromatic heterocycles. The molecule has 0 radical (unpaired) electrons. The summed E-state index contributed by atoms with van der Waals surface area (Å²) in [5.74, 6) is -0.482. The molecule has 4 nitrogen and oxygen atoms in total. The molecular formula is C19H18ClNO3S2. The molecule has 4 rings (SSSR count). The number of aryl methyl sites for hydroxylation is 1. The van der Waals surface area contributed by atoms with Crippen LogP contribution in [0.3, 0.4) is 0 Å². The molecule has 0 N–H and O–H groups in total. The zero-order chi connectivity index (χ0) is 18.5. The summed E-state index contributed by atoms with van der Waals surface area (Å²) in [5.41, 5.74) is 1.34. The number of nitrogens with zero attached hydrogens (tertiary/aromatic N) is 1. The number of halogens is 1. The summed E-state index contributed by atoms with van der Waals surface area (Å²) in [6.45, 7) is 1.90. The van der Waals surface area contributed by atoms with Gasteiger partial charge in [0.15, 0.2) is 0 Å². The van der Waals surface area contributed by atoms with Gasteiger partial charge < -0.3 is 0 Å². The maximum atomic E-state index is 13.4. The van der Waals surface area contributed by atoms with Gasteiger partial charge in [0, 0.05) is 15.2 Å². The monoisotopic (exact) mass is 407 g/mol. The van der Waals surface area contributed by atoms with Gasteiger partial charge >= 0.3 is 0 Å². The fourth-order valence-corrected chi connectivity index (χ4v) is 6.96. The zero-order valence-electron chi connectivity index (χ0n) is 14.2. The molecule has 1 aliphatic heterocycles. The maximum absolute atomic E-state index is 13.4. The van der Waals surface area contributed by atoms with Crippen molar-refractivity contribution in [1.82, 2.24) is 4.31 Å². The van der Waals surface area contributed by atoms with Gasteiger partial charge in [0.05, 0.1) is 16.5 Å². The number of fused-ring (bicyclic) bond motifs is 2. The van der Waals surface area contributed by atoms with Crippen molar-refractivity contribution in [3.63, 3.8) is 0 Å². The minimum atomic E-state index is -3.93. The van der Waals surface area contributed by atoms with Gasteiger partial charge in [-0.1, -0.05) is 35.7 Å². The van der Waals surface area contributed by atoms with Crippen LogP contribution in [0.1, 0.15) is 35.2 Å². The molecule has 2 aliphatic rings. The molecule has 136 valence electrons. The van der Waals surface area contributed by atoms with E-state index in [0.29, 0.717) is 17.0 Å². The van der Waals surface area contributed by atoms with Crippen LogP contribution in [0.5, 0.6) is 0 Å². The third kappa shape index (κ3) is 2.94. The summed E-state index contributed by atoms with van der Waals surface area (Å²) in [5, 5.41) is 0.499. The van der Waals surface area contributed by atoms with E-state index in [1.54, 1.807) is 48.2 Å². The lowest BCUT2D eigenvalue weighted by molar-refractivity contribution is 0.0824. The average molecular weight is 408 g/mol. The van der Waals surface area contributed by atoms with E-state index in [9.17, 15) is 13.2 Å². The van der Waals surface area contributed by atoms with E-state index in [-0.39, 0.29) is 16.2 Å². The number of benzene rings is 2. The van der Waals surface area contributed by atoms with Crippen LogP contribution in [-0.2, 0) is 10.0 Å². The minimum absolute atomic E-state index is 0.0709. The van der Waals surface area contributed by atoms with Crippen molar-refractivity contribution in [1.29, 1.82) is 0 Å². The number of hydrogen-bond donors (Lipinski definition) is 0. The third-order valence-electron chi connectivity index (χ3n) is 4.95. The molecular weight excluding hydrogens is 390 g/mol. The minimum Gasteiger partial charge on any atom is -0.268 e. The van der Waals surface area contributed by atoms with E-state index in [1.807, 2.05) is 13.0 Å². The average Bonchev–Trinajstić information content (AvgIpc) is 3.00. The number of thioether (sulfide) groups is 1. The SMILES string of the molecule is Cc1ccc(S(=O)(=O)N2C(=O)c3cc(Cl)ccc3S[C@@H]3CCC[C@H]32)cc1. The van der Waals surface area contributed by atoms with Gasteiger partial charge in [0.25, 0.3) is 15.9 Å². The molecule has 2 atom stereocenters. The molecule has 1 saturated carbocycles. The van der Waals surface area contributed by atoms with Crippen molar-refractivity contribution in [3.05, 3.63) is 58.6 Å². The Bertz CT molecular complexity index is 973. The van der Waals surface area contributed by atoms with Crippen molar-refractivity contribution >= 4 is 39.3 Å². The van der Waals surface area contributed by atoms with E-state index in [4.69, 9.17) is 11.6 Å². The first kappa shape index (κ1) is 17.9. The van der Waals surface area contributed by atoms with E-state index in [2.05, 4.69) is 0 Å². The Hall–Kier alpha value is -1.50. The zero-order valence-corrected chi connectivity index (χ0v) is 16.6. The van der Waals surface area contributed by atoms with Crippen molar-refractivity contribution in [3.8, 4) is 0 Å². The van der Waals surface area contributed by atoms with Crippen LogP contribution in [0.15, 0.2) is 52.3 Å². The fraction of sp³-hybridized carbons (Fsp3) is 0.316. The van der Waals surface area contributed by atoms with Crippen LogP contribution in [0.25, 0.3) is 0 Å². The van der Waals surface area contributed by atoms with E-state index >= 15 is 0 Å². The lowest BCUT2D eigenvalue weighted by atomic mass is 10.2. The molecule has 2 aromatic rings. The van der Waals surface area contributed by atoms with Crippen molar-refractivity contribution < 1.29 is 13.2 Å². The van der Waals surface area contributed by atoms with Gasteiger partial charge in [-0.25, -0.2) is 12.7 Å². The Balaban J connectivity index is 1.87. The lowest BCUT2D eigenvalue weighted by Crippen LogP contribution is -2.46. The van der Waals surface area contributed by atoms with Crippen LogP contribution < -0.4 is 0 Å². The molecule has 1 fully saturated rings. The summed E-state index contributed by atoms with van der Waals surface area (Å²) < 4.78 is 27.8. The van der Waals surface area contributed by atoms with Crippen molar-refractivity contribution in [2.45, 2.75) is 47.3 Å². The molecule has 2 aromatic carbocycles. The van der Waals surface area contributed by atoms with Gasteiger partial charge in [0.2, 0.25) is 0 Å². The van der Waals surface area contributed by atoms with Crippen LogP contribution in [0, 0.1) is 6.92 Å². The summed E-state index contributed by atoms with van der Waals surface area (Å²) >= 11 is 7.68. The largest absolute Gasteiger partial charge is 0.269 e. The molecule has 0 unspecified atom stereocenters. The first-order chi connectivity index (χ1) is 12.4. The van der Waals surface area contributed by atoms with Gasteiger partial charge in [-0.3, -0.25) is 4.79 Å². The topological polar surface area (TPSA) is 54.5 Å². The van der Waals surface area contributed by atoms with E-state index < -0.39 is 15.9 Å². The summed E-state index contributed by atoms with van der Waals surface area (Å²) in [7, 11) is -3.93. The van der Waals surface area contributed by atoms with Gasteiger partial charge in [-0.05, 0) is 50.1 Å². The molecule has 0 saturated heterocycles. The smallest absolute Gasteiger partial charge is 0.268 e. The van der Waals surface area contributed by atoms with Gasteiger partial charge in [-0.15, -0.1) is 11.8 Å². The van der Waals surface area contributed by atoms with Gasteiger partial charge in [-0.2, -0.15) is 0 Å². The lowest BCUT2D eigenvalue weighted by Gasteiger charge is -2.29. The number of amides is 1. The highest BCUT2D eigenvalue weighted by Gasteiger charge is 2.45. The highest BCUT2D eigenvalue weighted by Crippen LogP contribution is 2.44. The second-order valence-electron chi connectivity index (χ2n) is 6.71. The first-order valence-corrected chi connectivity index (χ1v) is 11.2. The molecule has 7 heteroatoms. The number of hydrogen-bond acceptors (Lipinski definition) is 4. The molecule has 1 amide bonds. The Labute approximate surface area is 162 Å². The number of sulfonamides is 1. The van der Waals surface area contributed by atoms with Crippen LogP contribution in [0.2, 0.25) is 5.02 Å². The van der Waals surface area contributed by atoms with Crippen molar-refractivity contribution in [2.75, 3.05) is 0 Å². The second-order valence-corrected chi connectivity index (χ2v) is 10.2. The maximum Gasteiger partial charge on any atom is 0.269 e. The number of rotatable bonds is 2. The van der Waals surface area contributed by atoms with Gasteiger partial charge in [0.1, 0.15) is 0 Å². The van der Waals surface area contributed by atoms with E-state index in [0.717, 1.165) is 27.6 Å². The van der Waals surface area contributed by atoms with Crippen LogP contribution in [-0.4, -0.2) is 29.9 Å². The molecule has 1 heterocycles. The van der Waals surface area contributed by atoms with Crippen molar-refractivity contribution in [2.24, 2.45) is 0 Å². The second kappa shape index (κ2) is 6.59. The third-order valence-corrected chi connectivity index (χ3v) is 8.47. The van der Waals surface area contributed by atoms with Crippen LogP contribution in [0.4, 0.5) is 0 Å². The fourth-order valence-electron chi connectivity index (χ4n) is 3.63. The molecule has 26 heavy (non-hydrogen) atoms. The highest BCUT2D eigenvalue weighted by molar-refractivity contribution is 8.00. The summed E-state index contributed by atoms with van der Waals surface area (Å²) in [4.78, 5) is 14.2. The summed E-state index contributed by atoms with van der Waals surface area (Å²) in [6.07, 6.45) is 2.50. The van der Waals surface area contributed by atoms with Crippen LogP contribution >= 0.6 is 23.4 Å². The Morgan fingerprint density at radius 1 is 1.12 bits per heavy atom.